The van der Waals surface area contributed by atoms with E-state index in [0.29, 0.717) is 36.8 Å². The molecule has 1 aliphatic carbocycles. The third kappa shape index (κ3) is 4.03. The van der Waals surface area contributed by atoms with Crippen molar-refractivity contribution in [1.82, 2.24) is 33.9 Å². The summed E-state index contributed by atoms with van der Waals surface area (Å²) in [7, 11) is 1.91. The van der Waals surface area contributed by atoms with Gasteiger partial charge in [-0.3, -0.25) is 13.9 Å². The predicted molar refractivity (Wildman–Crippen MR) is 145 cm³/mol. The standard InChI is InChI=1S/C29H27F3N8O/c1-18-12-28(13-18,27-36-34-17-37(27)2)20-5-3-4-19(10-20)23-14-33-25-24(29(30,31)32)11-22(16-39(25)26(23)41)38-8-9-40-21(15-38)6-7-35-40/h3-7,10-11,14,16-18H,8-9,12-13,15H2,1-2H3. The zero-order valence-electron chi connectivity index (χ0n) is 22.5. The molecule has 0 radical (unpaired) electrons. The van der Waals surface area contributed by atoms with E-state index in [1.54, 1.807) is 18.6 Å². The van der Waals surface area contributed by atoms with E-state index < -0.39 is 22.9 Å². The average Bonchev–Trinajstić information content (AvgIpc) is 3.59. The van der Waals surface area contributed by atoms with Crippen LogP contribution in [0, 0.1) is 5.92 Å². The largest absolute Gasteiger partial charge is 0.420 e. The lowest BCUT2D eigenvalue weighted by Gasteiger charge is -2.46. The first-order chi connectivity index (χ1) is 19.6. The van der Waals surface area contributed by atoms with Crippen molar-refractivity contribution >= 4 is 11.3 Å². The summed E-state index contributed by atoms with van der Waals surface area (Å²) in [5.74, 6) is 1.35. The summed E-state index contributed by atoms with van der Waals surface area (Å²) in [4.78, 5) is 19.9. The molecule has 0 unspecified atom stereocenters. The van der Waals surface area contributed by atoms with E-state index in [-0.39, 0.29) is 11.0 Å². The number of hydrogen-bond donors (Lipinski definition) is 0. The highest BCUT2D eigenvalue weighted by Gasteiger charge is 2.48. The van der Waals surface area contributed by atoms with Crippen LogP contribution in [0.15, 0.2) is 66.1 Å². The van der Waals surface area contributed by atoms with Crippen molar-refractivity contribution in [1.29, 1.82) is 0 Å². The van der Waals surface area contributed by atoms with E-state index in [4.69, 9.17) is 0 Å². The van der Waals surface area contributed by atoms with Gasteiger partial charge in [0.25, 0.3) is 5.56 Å². The highest BCUT2D eigenvalue weighted by molar-refractivity contribution is 5.67. The molecule has 1 fully saturated rings. The fraction of sp³-hybridized carbons (Fsp3) is 0.345. The molecule has 0 spiro atoms. The third-order valence-electron chi connectivity index (χ3n) is 8.46. The zero-order valence-corrected chi connectivity index (χ0v) is 22.5. The summed E-state index contributed by atoms with van der Waals surface area (Å²) < 4.78 is 47.5. The summed E-state index contributed by atoms with van der Waals surface area (Å²) in [6.45, 7) is 3.57. The molecule has 1 aromatic carbocycles. The fourth-order valence-corrected chi connectivity index (χ4v) is 6.53. The minimum Gasteiger partial charge on any atom is -0.363 e. The molecule has 41 heavy (non-hydrogen) atoms. The van der Waals surface area contributed by atoms with E-state index in [1.165, 1.54) is 12.4 Å². The van der Waals surface area contributed by atoms with Gasteiger partial charge in [-0.25, -0.2) is 4.98 Å². The van der Waals surface area contributed by atoms with Crippen LogP contribution in [0.25, 0.3) is 16.8 Å². The highest BCUT2D eigenvalue weighted by Crippen LogP contribution is 2.51. The number of halogens is 3. The van der Waals surface area contributed by atoms with Crippen molar-refractivity contribution in [2.24, 2.45) is 13.0 Å². The Morgan fingerprint density at radius 3 is 2.66 bits per heavy atom. The number of nitrogens with zero attached hydrogens (tertiary/aromatic N) is 8. The lowest BCUT2D eigenvalue weighted by Crippen LogP contribution is -2.43. The van der Waals surface area contributed by atoms with E-state index in [2.05, 4.69) is 27.2 Å². The maximum atomic E-state index is 14.2. The molecule has 0 saturated heterocycles. The molecule has 7 rings (SSSR count). The second-order valence-electron chi connectivity index (χ2n) is 11.2. The van der Waals surface area contributed by atoms with Gasteiger partial charge in [0.1, 0.15) is 17.7 Å². The van der Waals surface area contributed by atoms with Crippen molar-refractivity contribution in [2.75, 3.05) is 11.4 Å². The first-order valence-electron chi connectivity index (χ1n) is 13.5. The number of aryl methyl sites for hydroxylation is 1. The quantitative estimate of drug-likeness (QED) is 0.323. The number of fused-ring (bicyclic) bond motifs is 2. The van der Waals surface area contributed by atoms with Gasteiger partial charge in [-0.1, -0.05) is 25.1 Å². The third-order valence-corrected chi connectivity index (χ3v) is 8.46. The number of aromatic nitrogens is 7. The molecular formula is C29H27F3N8O. The molecule has 0 atom stereocenters. The van der Waals surface area contributed by atoms with Crippen LogP contribution in [0.4, 0.5) is 18.9 Å². The summed E-state index contributed by atoms with van der Waals surface area (Å²) >= 11 is 0. The van der Waals surface area contributed by atoms with E-state index in [0.717, 1.165) is 40.4 Å². The van der Waals surface area contributed by atoms with Crippen LogP contribution < -0.4 is 10.5 Å². The molecule has 1 aliphatic heterocycles. The van der Waals surface area contributed by atoms with E-state index in [1.807, 2.05) is 45.5 Å². The topological polar surface area (TPSA) is 86.1 Å². The number of benzene rings is 1. The van der Waals surface area contributed by atoms with Crippen molar-refractivity contribution < 1.29 is 13.2 Å². The maximum Gasteiger partial charge on any atom is 0.420 e. The summed E-state index contributed by atoms with van der Waals surface area (Å²) in [5, 5.41) is 12.7. The number of alkyl halides is 3. The Morgan fingerprint density at radius 1 is 1.10 bits per heavy atom. The van der Waals surface area contributed by atoms with Gasteiger partial charge in [0, 0.05) is 32.2 Å². The Bertz CT molecular complexity index is 1850. The van der Waals surface area contributed by atoms with Crippen molar-refractivity contribution in [3.05, 3.63) is 94.3 Å². The highest BCUT2D eigenvalue weighted by atomic mass is 19.4. The fourth-order valence-electron chi connectivity index (χ4n) is 6.53. The normalized spacial score (nSPS) is 20.7. The van der Waals surface area contributed by atoms with Crippen LogP contribution in [0.2, 0.25) is 0 Å². The van der Waals surface area contributed by atoms with Crippen LogP contribution >= 0.6 is 0 Å². The summed E-state index contributed by atoms with van der Waals surface area (Å²) in [6.07, 6.45) is 3.14. The molecule has 0 N–H and O–H groups in total. The smallest absolute Gasteiger partial charge is 0.363 e. The molecule has 12 heteroatoms. The number of anilines is 1. The molecule has 1 saturated carbocycles. The monoisotopic (exact) mass is 560 g/mol. The second-order valence-corrected chi connectivity index (χ2v) is 11.2. The van der Waals surface area contributed by atoms with Gasteiger partial charge in [-0.15, -0.1) is 10.2 Å². The molecule has 5 heterocycles. The van der Waals surface area contributed by atoms with Crippen molar-refractivity contribution in [2.45, 2.75) is 44.4 Å². The minimum absolute atomic E-state index is 0.229. The molecule has 210 valence electrons. The molecular weight excluding hydrogens is 533 g/mol. The van der Waals surface area contributed by atoms with Gasteiger partial charge in [-0.05, 0) is 48.1 Å². The van der Waals surface area contributed by atoms with Gasteiger partial charge < -0.3 is 9.47 Å². The molecule has 2 aliphatic rings. The maximum absolute atomic E-state index is 14.2. The van der Waals surface area contributed by atoms with Gasteiger partial charge in [0.2, 0.25) is 0 Å². The SMILES string of the molecule is CC1CC(c2cccc(-c3cnc4c(C(F)(F)F)cc(N5CCn6nccc6C5)cn4c3=O)c2)(c2nncn2C)C1. The van der Waals surface area contributed by atoms with E-state index >= 15 is 0 Å². The Balaban J connectivity index is 1.35. The lowest BCUT2D eigenvalue weighted by molar-refractivity contribution is -0.136. The predicted octanol–water partition coefficient (Wildman–Crippen LogP) is 4.44. The molecule has 5 aromatic rings. The van der Waals surface area contributed by atoms with Gasteiger partial charge >= 0.3 is 6.18 Å². The van der Waals surface area contributed by atoms with Gasteiger partial charge in [0.05, 0.1) is 35.4 Å². The number of hydrogen-bond acceptors (Lipinski definition) is 6. The average molecular weight is 561 g/mol. The molecule has 0 bridgehead atoms. The van der Waals surface area contributed by atoms with Gasteiger partial charge in [-0.2, -0.15) is 18.3 Å². The number of pyridine rings is 1. The van der Waals surface area contributed by atoms with Crippen LogP contribution in [0.1, 0.15) is 42.4 Å². The Labute approximate surface area is 232 Å². The van der Waals surface area contributed by atoms with E-state index in [9.17, 15) is 18.0 Å². The Kier molecular flexibility index (Phi) is 5.60. The Morgan fingerprint density at radius 2 is 1.93 bits per heavy atom. The van der Waals surface area contributed by atoms with Crippen LogP contribution in [0.3, 0.4) is 0 Å². The van der Waals surface area contributed by atoms with Crippen LogP contribution in [0.5, 0.6) is 0 Å². The second kappa shape index (κ2) is 9.02. The van der Waals surface area contributed by atoms with Crippen molar-refractivity contribution in [3.8, 4) is 11.1 Å². The summed E-state index contributed by atoms with van der Waals surface area (Å²) in [5.41, 5.74) is 0.730. The Hall–Kier alpha value is -4.48. The zero-order chi connectivity index (χ0) is 28.5. The first kappa shape index (κ1) is 25.5. The van der Waals surface area contributed by atoms with Gasteiger partial charge in [0.15, 0.2) is 5.65 Å². The first-order valence-corrected chi connectivity index (χ1v) is 13.5. The molecule has 0 amide bonds. The molecule has 4 aromatic heterocycles. The van der Waals surface area contributed by atoms with Crippen LogP contribution in [-0.2, 0) is 31.7 Å². The minimum atomic E-state index is -4.69. The van der Waals surface area contributed by atoms with Crippen LogP contribution in [-0.4, -0.2) is 40.5 Å². The molecule has 9 nitrogen and oxygen atoms in total. The lowest BCUT2D eigenvalue weighted by atomic mass is 9.58. The number of rotatable bonds is 4. The van der Waals surface area contributed by atoms with Crippen molar-refractivity contribution in [3.63, 3.8) is 0 Å². The summed E-state index contributed by atoms with van der Waals surface area (Å²) in [6, 6.07) is 10.5.